The van der Waals surface area contributed by atoms with Crippen molar-refractivity contribution in [3.63, 3.8) is 0 Å². The molecule has 0 saturated carbocycles. The fourth-order valence-corrected chi connectivity index (χ4v) is 6.65. The van der Waals surface area contributed by atoms with Gasteiger partial charge in [0.2, 0.25) is 0 Å². The number of nitrogens with one attached hydrogen (secondary N) is 2. The van der Waals surface area contributed by atoms with Crippen LogP contribution in [-0.4, -0.2) is 112 Å². The number of aliphatic hydroxyl groups is 2. The molecule has 0 amide bonds. The van der Waals surface area contributed by atoms with Crippen LogP contribution in [0.15, 0.2) is 36.4 Å². The van der Waals surface area contributed by atoms with Crippen LogP contribution >= 0.6 is 0 Å². The lowest BCUT2D eigenvalue weighted by atomic mass is 9.77. The lowest BCUT2D eigenvalue weighted by Crippen LogP contribution is -2.58. The average molecular weight is 686 g/mol. The molecule has 1 fully saturated rings. The number of benzene rings is 2. The van der Waals surface area contributed by atoms with Crippen molar-refractivity contribution in [1.82, 2.24) is 20.4 Å². The van der Waals surface area contributed by atoms with Crippen molar-refractivity contribution in [3.8, 4) is 11.5 Å². The molecule has 5 rings (SSSR count). The van der Waals surface area contributed by atoms with E-state index in [1.54, 1.807) is 6.92 Å². The molecule has 276 valence electrons. The molecule has 3 aliphatic heterocycles. The Morgan fingerprint density at radius 2 is 1.55 bits per heavy atom. The summed E-state index contributed by atoms with van der Waals surface area (Å²) in [6, 6.07) is 12.9. The van der Waals surface area contributed by atoms with Crippen molar-refractivity contribution in [2.24, 2.45) is 11.7 Å². The second-order valence-corrected chi connectivity index (χ2v) is 14.3. The Morgan fingerprint density at radius 3 is 2.18 bits per heavy atom. The number of rotatable bonds is 15. The zero-order valence-electron chi connectivity index (χ0n) is 30.7. The van der Waals surface area contributed by atoms with E-state index in [0.717, 1.165) is 57.3 Å². The van der Waals surface area contributed by atoms with E-state index in [1.807, 2.05) is 0 Å². The van der Waals surface area contributed by atoms with Crippen LogP contribution in [0, 0.1) is 5.92 Å². The van der Waals surface area contributed by atoms with Crippen LogP contribution in [0.5, 0.6) is 11.5 Å². The van der Waals surface area contributed by atoms with Gasteiger partial charge >= 0.3 is 0 Å². The molecular formula is C38H63N5O6. The van der Waals surface area contributed by atoms with Crippen LogP contribution in [-0.2, 0) is 28.0 Å². The van der Waals surface area contributed by atoms with Gasteiger partial charge in [0, 0.05) is 62.3 Å². The van der Waals surface area contributed by atoms with Crippen LogP contribution in [0.25, 0.3) is 0 Å². The largest absolute Gasteiger partial charge is 0.478 e. The minimum absolute atomic E-state index is 0.0958. The number of ether oxygens (including phenoxy) is 4. The molecule has 3 aliphatic rings. The lowest BCUT2D eigenvalue weighted by Gasteiger charge is -2.40. The number of nitrogens with two attached hydrogens (primary N) is 1. The number of unbranched alkanes of at least 4 members (excludes halogenated alkanes) is 2. The molecule has 0 aliphatic carbocycles. The van der Waals surface area contributed by atoms with E-state index in [4.69, 9.17) is 29.8 Å². The van der Waals surface area contributed by atoms with Gasteiger partial charge in [0.1, 0.15) is 25.0 Å². The molecule has 3 heterocycles. The maximum Gasteiger partial charge on any atom is 0.175 e. The molecule has 2 aromatic rings. The van der Waals surface area contributed by atoms with Gasteiger partial charge in [-0.1, -0.05) is 46.2 Å². The first-order chi connectivity index (χ1) is 23.6. The molecule has 6 N–H and O–H groups in total. The van der Waals surface area contributed by atoms with Gasteiger partial charge in [-0.25, -0.2) is 0 Å². The van der Waals surface area contributed by atoms with Gasteiger partial charge in [-0.15, -0.1) is 0 Å². The van der Waals surface area contributed by atoms with E-state index in [0.29, 0.717) is 13.5 Å². The summed E-state index contributed by atoms with van der Waals surface area (Å²) < 4.78 is 22.3. The zero-order valence-corrected chi connectivity index (χ0v) is 30.7. The van der Waals surface area contributed by atoms with Crippen LogP contribution in [0.4, 0.5) is 0 Å². The quantitative estimate of drug-likeness (QED) is 0.177. The molecule has 11 nitrogen and oxygen atoms in total. The van der Waals surface area contributed by atoms with E-state index >= 15 is 0 Å². The Morgan fingerprint density at radius 1 is 0.918 bits per heavy atom. The van der Waals surface area contributed by atoms with Crippen molar-refractivity contribution < 1.29 is 29.2 Å². The topological polar surface area (TPSA) is 134 Å². The number of hydrogen-bond donors (Lipinski definition) is 5. The lowest BCUT2D eigenvalue weighted by molar-refractivity contribution is -0.240. The molecule has 11 heteroatoms. The summed E-state index contributed by atoms with van der Waals surface area (Å²) in [6.45, 7) is 17.2. The second-order valence-electron chi connectivity index (χ2n) is 14.3. The van der Waals surface area contributed by atoms with E-state index < -0.39 is 24.5 Å². The van der Waals surface area contributed by atoms with Gasteiger partial charge in [-0.3, -0.25) is 9.80 Å². The van der Waals surface area contributed by atoms with E-state index in [9.17, 15) is 5.11 Å². The first kappa shape index (κ1) is 39.5. The Labute approximate surface area is 294 Å². The molecule has 0 aromatic heterocycles. The van der Waals surface area contributed by atoms with E-state index in [-0.39, 0.29) is 17.9 Å². The molecular weight excluding hydrogens is 622 g/mol. The van der Waals surface area contributed by atoms with Gasteiger partial charge in [0.15, 0.2) is 6.29 Å². The predicted molar refractivity (Wildman–Crippen MR) is 194 cm³/mol. The van der Waals surface area contributed by atoms with Gasteiger partial charge in [0.25, 0.3) is 0 Å². The first-order valence-electron chi connectivity index (χ1n) is 18.2. The Bertz CT molecular complexity index is 1260. The highest BCUT2D eigenvalue weighted by atomic mass is 16.7. The zero-order chi connectivity index (χ0) is 35.4. The molecule has 0 spiro atoms. The number of aliphatic hydroxyl groups excluding tert-OH is 2. The normalized spacial score (nSPS) is 24.2. The van der Waals surface area contributed by atoms with Crippen molar-refractivity contribution in [3.05, 3.63) is 58.7 Å². The Kier molecular flexibility index (Phi) is 15.6. The number of methoxy groups -OCH3 is 1. The molecule has 5 atom stereocenters. The van der Waals surface area contributed by atoms with E-state index in [2.05, 4.69) is 84.7 Å². The highest BCUT2D eigenvalue weighted by Crippen LogP contribution is 2.38. The molecule has 0 bridgehead atoms. The third kappa shape index (κ3) is 10.8. The Hall–Kier alpha value is -2.32. The van der Waals surface area contributed by atoms with Crippen molar-refractivity contribution in [2.75, 3.05) is 66.9 Å². The summed E-state index contributed by atoms with van der Waals surface area (Å²) in [7, 11) is 3.56. The third-order valence-electron chi connectivity index (χ3n) is 10.0. The van der Waals surface area contributed by atoms with E-state index in [1.165, 1.54) is 55.0 Å². The van der Waals surface area contributed by atoms with Crippen LogP contribution in [0.1, 0.15) is 75.6 Å². The van der Waals surface area contributed by atoms with Crippen LogP contribution in [0.2, 0.25) is 0 Å². The minimum Gasteiger partial charge on any atom is -0.478 e. The van der Waals surface area contributed by atoms with Crippen LogP contribution in [0.3, 0.4) is 0 Å². The first-order valence-corrected chi connectivity index (χ1v) is 18.2. The fraction of sp³-hybridized carbons (Fsp3) is 0.684. The van der Waals surface area contributed by atoms with Crippen molar-refractivity contribution in [1.29, 1.82) is 0 Å². The summed E-state index contributed by atoms with van der Waals surface area (Å²) in [4.78, 5) is 4.64. The third-order valence-corrected chi connectivity index (χ3v) is 10.0. The van der Waals surface area contributed by atoms with Gasteiger partial charge < -0.3 is 45.5 Å². The van der Waals surface area contributed by atoms with Crippen LogP contribution < -0.4 is 25.8 Å². The molecule has 0 radical (unpaired) electrons. The standard InChI is InChI=1S/C30H46N4O2.C8H17NO4/c1-5-13-31-15-16-32-14-7-6-8-17-34-21-25-19-27(10-12-29(25)36-23-34)30(2,3)26-9-11-28-24(18-26)20-33(4)22-35-28;1-4-5(3-10)13-8(12-2)6(9)7(4)11/h9-12,18-19,31-32H,5-8,13-17,20-23H2,1-4H3;4-8,10-11H,3,9H2,1-2H3/t;4-,5?,6?,7+,8-/m.1/s1. The maximum atomic E-state index is 9.65. The molecule has 1 saturated heterocycles. The summed E-state index contributed by atoms with van der Waals surface area (Å²) in [5, 5.41) is 25.6. The smallest absolute Gasteiger partial charge is 0.175 e. The predicted octanol–water partition coefficient (Wildman–Crippen LogP) is 3.38. The van der Waals surface area contributed by atoms with Gasteiger partial charge in [-0.2, -0.15) is 0 Å². The summed E-state index contributed by atoms with van der Waals surface area (Å²) >= 11 is 0. The van der Waals surface area contributed by atoms with Crippen molar-refractivity contribution >= 4 is 0 Å². The van der Waals surface area contributed by atoms with Gasteiger partial charge in [0.05, 0.1) is 24.9 Å². The molecule has 49 heavy (non-hydrogen) atoms. The summed E-state index contributed by atoms with van der Waals surface area (Å²) in [6.07, 6.45) is 3.17. The average Bonchev–Trinajstić information content (AvgIpc) is 3.11. The monoisotopic (exact) mass is 685 g/mol. The summed E-state index contributed by atoms with van der Waals surface area (Å²) in [5.41, 5.74) is 10.8. The fourth-order valence-electron chi connectivity index (χ4n) is 6.65. The van der Waals surface area contributed by atoms with Gasteiger partial charge in [-0.05, 0) is 74.8 Å². The number of nitrogens with zero attached hydrogens (tertiary/aromatic N) is 2. The van der Waals surface area contributed by atoms with Crippen molar-refractivity contribution in [2.45, 2.75) is 96.4 Å². The highest BCUT2D eigenvalue weighted by molar-refractivity contribution is 5.48. The molecule has 2 unspecified atom stereocenters. The number of fused-ring (bicyclic) bond motifs is 2. The Balaban J connectivity index is 0.000000350. The SMILES string of the molecule is CCCNCCNCCCCCN1COc2ccc(C(C)(C)c3ccc4c(c3)CN(C)CO4)cc2C1.CO[C@@H]1OC(CO)[C@@H](C)[C@H](O)C1N. The summed E-state index contributed by atoms with van der Waals surface area (Å²) in [5.74, 6) is 1.88. The molecule has 2 aromatic carbocycles. The minimum atomic E-state index is -0.698. The highest BCUT2D eigenvalue weighted by Gasteiger charge is 2.40. The maximum absolute atomic E-state index is 9.65. The number of hydrogen-bond acceptors (Lipinski definition) is 11. The second kappa shape index (κ2) is 19.3.